The molecule has 0 saturated heterocycles. The minimum Gasteiger partial charge on any atom is -0.388 e. The van der Waals surface area contributed by atoms with Crippen LogP contribution in [0.1, 0.15) is 46.5 Å². The van der Waals surface area contributed by atoms with Gasteiger partial charge in [0, 0.05) is 6.54 Å². The predicted octanol–water partition coefficient (Wildman–Crippen LogP) is 0.796. The number of likely N-dealkylation sites (N-methyl/N-ethyl adjacent to an activating group) is 1. The third kappa shape index (κ3) is 3.46. The SMILES string of the molecule is CCNC(C)(C)C(=O)NCC1(O)CCCC1. The number of hydrogen-bond donors (Lipinski definition) is 3. The summed E-state index contributed by atoms with van der Waals surface area (Å²) in [5.74, 6) is -0.0466. The first-order chi connectivity index (χ1) is 7.40. The Morgan fingerprint density at radius 2 is 1.94 bits per heavy atom. The molecule has 0 heterocycles. The summed E-state index contributed by atoms with van der Waals surface area (Å²) in [6.07, 6.45) is 3.72. The molecule has 4 heteroatoms. The lowest BCUT2D eigenvalue weighted by molar-refractivity contribution is -0.127. The zero-order valence-corrected chi connectivity index (χ0v) is 10.6. The predicted molar refractivity (Wildman–Crippen MR) is 64.2 cm³/mol. The van der Waals surface area contributed by atoms with Crippen molar-refractivity contribution in [3.8, 4) is 0 Å². The molecular formula is C12H24N2O2. The molecule has 1 saturated carbocycles. The molecule has 3 N–H and O–H groups in total. The molecule has 1 amide bonds. The molecule has 0 spiro atoms. The minimum absolute atomic E-state index is 0.0466. The molecule has 1 aliphatic carbocycles. The lowest BCUT2D eigenvalue weighted by Crippen LogP contribution is -2.55. The van der Waals surface area contributed by atoms with Gasteiger partial charge in [0.25, 0.3) is 0 Å². The van der Waals surface area contributed by atoms with E-state index in [2.05, 4.69) is 10.6 Å². The van der Waals surface area contributed by atoms with Gasteiger partial charge in [0.15, 0.2) is 0 Å². The summed E-state index contributed by atoms with van der Waals surface area (Å²) in [5.41, 5.74) is -1.23. The maximum absolute atomic E-state index is 11.9. The van der Waals surface area contributed by atoms with Crippen molar-refractivity contribution in [3.63, 3.8) is 0 Å². The fourth-order valence-electron chi connectivity index (χ4n) is 2.20. The second kappa shape index (κ2) is 5.15. The van der Waals surface area contributed by atoms with Crippen molar-refractivity contribution in [3.05, 3.63) is 0 Å². The van der Waals surface area contributed by atoms with E-state index in [1.807, 2.05) is 20.8 Å². The van der Waals surface area contributed by atoms with Crippen LogP contribution in [0.15, 0.2) is 0 Å². The van der Waals surface area contributed by atoms with Gasteiger partial charge >= 0.3 is 0 Å². The van der Waals surface area contributed by atoms with Crippen LogP contribution >= 0.6 is 0 Å². The van der Waals surface area contributed by atoms with Gasteiger partial charge in [-0.3, -0.25) is 4.79 Å². The van der Waals surface area contributed by atoms with Gasteiger partial charge < -0.3 is 15.7 Å². The largest absolute Gasteiger partial charge is 0.388 e. The topological polar surface area (TPSA) is 61.4 Å². The molecule has 16 heavy (non-hydrogen) atoms. The number of carbonyl (C=O) groups is 1. The highest BCUT2D eigenvalue weighted by molar-refractivity contribution is 5.85. The van der Waals surface area contributed by atoms with E-state index >= 15 is 0 Å². The normalized spacial score (nSPS) is 19.8. The summed E-state index contributed by atoms with van der Waals surface area (Å²) >= 11 is 0. The Hall–Kier alpha value is -0.610. The summed E-state index contributed by atoms with van der Waals surface area (Å²) in [6.45, 7) is 6.81. The molecule has 0 bridgehead atoms. The summed E-state index contributed by atoms with van der Waals surface area (Å²) < 4.78 is 0. The molecule has 0 atom stereocenters. The van der Waals surface area contributed by atoms with E-state index < -0.39 is 11.1 Å². The van der Waals surface area contributed by atoms with E-state index in [0.29, 0.717) is 6.54 Å². The third-order valence-corrected chi connectivity index (χ3v) is 3.30. The number of amides is 1. The van der Waals surface area contributed by atoms with Crippen molar-refractivity contribution in [2.24, 2.45) is 0 Å². The fourth-order valence-corrected chi connectivity index (χ4v) is 2.20. The molecule has 0 aliphatic heterocycles. The van der Waals surface area contributed by atoms with Crippen molar-refractivity contribution < 1.29 is 9.90 Å². The smallest absolute Gasteiger partial charge is 0.239 e. The van der Waals surface area contributed by atoms with Crippen molar-refractivity contribution in [1.82, 2.24) is 10.6 Å². The Bertz CT molecular complexity index is 245. The van der Waals surface area contributed by atoms with Gasteiger partial charge in [-0.2, -0.15) is 0 Å². The lowest BCUT2D eigenvalue weighted by Gasteiger charge is -2.28. The first kappa shape index (κ1) is 13.5. The Morgan fingerprint density at radius 1 is 1.38 bits per heavy atom. The number of rotatable bonds is 5. The Balaban J connectivity index is 2.40. The van der Waals surface area contributed by atoms with Crippen LogP contribution < -0.4 is 10.6 Å². The molecule has 0 aromatic rings. The molecule has 0 unspecified atom stereocenters. The zero-order valence-electron chi connectivity index (χ0n) is 10.6. The summed E-state index contributed by atoms with van der Waals surface area (Å²) in [6, 6.07) is 0. The van der Waals surface area contributed by atoms with Crippen molar-refractivity contribution >= 4 is 5.91 Å². The van der Waals surface area contributed by atoms with Crippen molar-refractivity contribution in [1.29, 1.82) is 0 Å². The van der Waals surface area contributed by atoms with E-state index in [1.54, 1.807) is 0 Å². The van der Waals surface area contributed by atoms with Crippen LogP contribution in [-0.2, 0) is 4.79 Å². The molecule has 1 fully saturated rings. The highest BCUT2D eigenvalue weighted by atomic mass is 16.3. The van der Waals surface area contributed by atoms with Crippen LogP contribution in [0.25, 0.3) is 0 Å². The molecule has 0 radical (unpaired) electrons. The number of hydrogen-bond acceptors (Lipinski definition) is 3. The van der Waals surface area contributed by atoms with E-state index in [4.69, 9.17) is 0 Å². The number of nitrogens with one attached hydrogen (secondary N) is 2. The van der Waals surface area contributed by atoms with E-state index in [1.165, 1.54) is 0 Å². The van der Waals surface area contributed by atoms with Gasteiger partial charge in [-0.05, 0) is 33.2 Å². The van der Waals surface area contributed by atoms with Crippen LogP contribution in [0.2, 0.25) is 0 Å². The van der Waals surface area contributed by atoms with Crippen molar-refractivity contribution in [2.75, 3.05) is 13.1 Å². The molecular weight excluding hydrogens is 204 g/mol. The first-order valence-corrected chi connectivity index (χ1v) is 6.15. The van der Waals surface area contributed by atoms with Gasteiger partial charge in [-0.1, -0.05) is 19.8 Å². The summed E-state index contributed by atoms with van der Waals surface area (Å²) in [7, 11) is 0. The standard InChI is InChI=1S/C12H24N2O2/c1-4-14-11(2,3)10(15)13-9-12(16)7-5-6-8-12/h14,16H,4-9H2,1-3H3,(H,13,15). The van der Waals surface area contributed by atoms with Crippen LogP contribution in [0.5, 0.6) is 0 Å². The quantitative estimate of drug-likeness (QED) is 0.652. The average molecular weight is 228 g/mol. The van der Waals surface area contributed by atoms with Crippen LogP contribution in [0.4, 0.5) is 0 Å². The lowest BCUT2D eigenvalue weighted by atomic mass is 10.0. The van der Waals surface area contributed by atoms with E-state index in [-0.39, 0.29) is 5.91 Å². The van der Waals surface area contributed by atoms with Gasteiger partial charge in [0.1, 0.15) is 0 Å². The van der Waals surface area contributed by atoms with E-state index in [9.17, 15) is 9.90 Å². The molecule has 1 aliphatic rings. The minimum atomic E-state index is -0.669. The van der Waals surface area contributed by atoms with Gasteiger partial charge in [-0.25, -0.2) is 0 Å². The molecule has 0 aromatic carbocycles. The second-order valence-corrected chi connectivity index (χ2v) is 5.27. The molecule has 4 nitrogen and oxygen atoms in total. The maximum Gasteiger partial charge on any atom is 0.239 e. The first-order valence-electron chi connectivity index (χ1n) is 6.15. The van der Waals surface area contributed by atoms with Gasteiger partial charge in [-0.15, -0.1) is 0 Å². The second-order valence-electron chi connectivity index (χ2n) is 5.27. The average Bonchev–Trinajstić information content (AvgIpc) is 2.62. The molecule has 0 aromatic heterocycles. The van der Waals surface area contributed by atoms with Crippen LogP contribution in [0, 0.1) is 0 Å². The maximum atomic E-state index is 11.9. The summed E-state index contributed by atoms with van der Waals surface area (Å²) in [4.78, 5) is 11.9. The number of aliphatic hydroxyl groups is 1. The summed E-state index contributed by atoms with van der Waals surface area (Å²) in [5, 5.41) is 16.1. The van der Waals surface area contributed by atoms with Gasteiger partial charge in [0.2, 0.25) is 5.91 Å². The fraction of sp³-hybridized carbons (Fsp3) is 0.917. The Labute approximate surface area is 97.8 Å². The van der Waals surface area contributed by atoms with Crippen molar-refractivity contribution in [2.45, 2.75) is 57.6 Å². The van der Waals surface area contributed by atoms with E-state index in [0.717, 1.165) is 32.2 Å². The van der Waals surface area contributed by atoms with Crippen LogP contribution in [0.3, 0.4) is 0 Å². The third-order valence-electron chi connectivity index (χ3n) is 3.30. The molecule has 1 rings (SSSR count). The highest BCUT2D eigenvalue weighted by Gasteiger charge is 2.33. The highest BCUT2D eigenvalue weighted by Crippen LogP contribution is 2.28. The van der Waals surface area contributed by atoms with Gasteiger partial charge in [0.05, 0.1) is 11.1 Å². The van der Waals surface area contributed by atoms with Crippen LogP contribution in [-0.4, -0.2) is 35.2 Å². The molecule has 94 valence electrons. The Kier molecular flexibility index (Phi) is 4.33. The Morgan fingerprint density at radius 3 is 2.44 bits per heavy atom. The monoisotopic (exact) mass is 228 g/mol. The number of carbonyl (C=O) groups excluding carboxylic acids is 1. The zero-order chi connectivity index (χ0) is 12.2.